The van der Waals surface area contributed by atoms with Crippen LogP contribution in [0.4, 0.5) is 5.82 Å². The number of aromatic nitrogens is 5. The third-order valence-electron chi connectivity index (χ3n) is 5.95. The molecule has 0 radical (unpaired) electrons. The number of halogens is 1. The van der Waals surface area contributed by atoms with Crippen LogP contribution in [0.1, 0.15) is 34.6 Å². The van der Waals surface area contributed by atoms with Crippen LogP contribution in [0.3, 0.4) is 0 Å². The highest BCUT2D eigenvalue weighted by molar-refractivity contribution is 6.31. The number of anilines is 1. The summed E-state index contributed by atoms with van der Waals surface area (Å²) >= 11 is 6.06. The minimum Gasteiger partial charge on any atom is -0.496 e. The van der Waals surface area contributed by atoms with Gasteiger partial charge in [0.1, 0.15) is 11.3 Å². The van der Waals surface area contributed by atoms with Gasteiger partial charge in [-0.3, -0.25) is 9.69 Å². The molecule has 3 aromatic heterocycles. The van der Waals surface area contributed by atoms with E-state index in [0.717, 1.165) is 16.9 Å². The number of amides is 1. The van der Waals surface area contributed by atoms with Crippen LogP contribution < -0.4 is 9.64 Å². The zero-order valence-corrected chi connectivity index (χ0v) is 21.5. The molecule has 1 N–H and O–H groups in total. The zero-order chi connectivity index (χ0) is 27.0. The molecule has 0 spiro atoms. The summed E-state index contributed by atoms with van der Waals surface area (Å²) < 4.78 is 8.48. The molecule has 0 aliphatic carbocycles. The molecule has 38 heavy (non-hydrogen) atoms. The molecule has 1 amide bonds. The van der Waals surface area contributed by atoms with Crippen LogP contribution in [0.5, 0.6) is 5.75 Å². The lowest BCUT2D eigenvalue weighted by Gasteiger charge is -2.26. The van der Waals surface area contributed by atoms with E-state index in [9.17, 15) is 14.7 Å². The van der Waals surface area contributed by atoms with E-state index in [-0.39, 0.29) is 22.7 Å². The van der Waals surface area contributed by atoms with E-state index in [2.05, 4.69) is 15.2 Å². The maximum Gasteiger partial charge on any atom is 0.341 e. The number of ether oxygens (including phenoxy) is 1. The minimum absolute atomic E-state index is 0.0185. The lowest BCUT2D eigenvalue weighted by molar-refractivity contribution is 0.0697. The van der Waals surface area contributed by atoms with E-state index in [1.54, 1.807) is 54.9 Å². The molecule has 0 aliphatic heterocycles. The van der Waals surface area contributed by atoms with Crippen LogP contribution in [0.2, 0.25) is 5.02 Å². The first kappa shape index (κ1) is 25.0. The number of carboxylic acid groups (broad SMARTS) is 1. The molecule has 3 heterocycles. The smallest absolute Gasteiger partial charge is 0.341 e. The highest BCUT2D eigenvalue weighted by atomic mass is 35.5. The number of hydrogen-bond donors (Lipinski definition) is 1. The van der Waals surface area contributed by atoms with Gasteiger partial charge in [0.05, 0.1) is 24.1 Å². The molecule has 11 heteroatoms. The van der Waals surface area contributed by atoms with Crippen molar-refractivity contribution >= 4 is 34.9 Å². The topological polar surface area (TPSA) is 115 Å². The molecule has 10 nitrogen and oxygen atoms in total. The second-order valence-electron chi connectivity index (χ2n) is 8.73. The highest BCUT2D eigenvalue weighted by Gasteiger charge is 2.30. The van der Waals surface area contributed by atoms with Gasteiger partial charge in [-0.1, -0.05) is 23.7 Å². The van der Waals surface area contributed by atoms with E-state index in [4.69, 9.17) is 16.3 Å². The molecule has 5 aromatic rings. The van der Waals surface area contributed by atoms with Crippen LogP contribution >= 0.6 is 11.6 Å². The summed E-state index contributed by atoms with van der Waals surface area (Å²) in [5, 5.41) is 19.4. The summed E-state index contributed by atoms with van der Waals surface area (Å²) in [4.78, 5) is 31.4. The number of rotatable bonds is 7. The summed E-state index contributed by atoms with van der Waals surface area (Å²) in [6, 6.07) is 15.3. The van der Waals surface area contributed by atoms with Gasteiger partial charge < -0.3 is 9.84 Å². The third-order valence-corrected chi connectivity index (χ3v) is 6.18. The number of fused-ring (bicyclic) bond motifs is 1. The molecule has 0 aliphatic rings. The van der Waals surface area contributed by atoms with Crippen molar-refractivity contribution in [2.45, 2.75) is 19.9 Å². The number of hydrogen-bond acceptors (Lipinski definition) is 6. The SMILES string of the molecule is COc1cc(Cl)ccc1C(=O)N(c1nn(-c2ccc(-c3cc4ncccn4n3)cc2)cc1C(=O)O)C(C)C. The van der Waals surface area contributed by atoms with Gasteiger partial charge in [0.2, 0.25) is 0 Å². The molecular weight excluding hydrogens is 508 g/mol. The first-order chi connectivity index (χ1) is 18.3. The zero-order valence-electron chi connectivity index (χ0n) is 20.7. The number of carboxylic acids is 1. The fraction of sp³-hybridized carbons (Fsp3) is 0.148. The van der Waals surface area contributed by atoms with Crippen LogP contribution in [0.25, 0.3) is 22.6 Å². The van der Waals surface area contributed by atoms with Crippen molar-refractivity contribution in [3.8, 4) is 22.7 Å². The molecule has 0 unspecified atom stereocenters. The maximum atomic E-state index is 13.6. The first-order valence-electron chi connectivity index (χ1n) is 11.7. The van der Waals surface area contributed by atoms with Crippen LogP contribution in [-0.2, 0) is 0 Å². The lowest BCUT2D eigenvalue weighted by Crippen LogP contribution is -2.38. The van der Waals surface area contributed by atoms with Crippen molar-refractivity contribution < 1.29 is 19.4 Å². The normalized spacial score (nSPS) is 11.2. The molecule has 192 valence electrons. The molecule has 0 bridgehead atoms. The Morgan fingerprint density at radius 3 is 2.47 bits per heavy atom. The summed E-state index contributed by atoms with van der Waals surface area (Å²) in [7, 11) is 1.44. The van der Waals surface area contributed by atoms with Gasteiger partial charge in [0.25, 0.3) is 5.91 Å². The second kappa shape index (κ2) is 9.98. The van der Waals surface area contributed by atoms with Crippen molar-refractivity contribution in [1.82, 2.24) is 24.4 Å². The van der Waals surface area contributed by atoms with E-state index in [1.165, 1.54) is 29.0 Å². The van der Waals surface area contributed by atoms with Crippen molar-refractivity contribution in [3.05, 3.63) is 89.3 Å². The second-order valence-corrected chi connectivity index (χ2v) is 9.16. The number of nitrogens with zero attached hydrogens (tertiary/aromatic N) is 6. The summed E-state index contributed by atoms with van der Waals surface area (Å²) in [6.07, 6.45) is 4.91. The monoisotopic (exact) mass is 530 g/mol. The average Bonchev–Trinajstić information content (AvgIpc) is 3.53. The number of carbonyl (C=O) groups is 2. The largest absolute Gasteiger partial charge is 0.496 e. The molecule has 0 saturated carbocycles. The van der Waals surface area contributed by atoms with Gasteiger partial charge in [-0.15, -0.1) is 5.10 Å². The summed E-state index contributed by atoms with van der Waals surface area (Å²) in [5.74, 6) is -1.37. The predicted molar refractivity (Wildman–Crippen MR) is 142 cm³/mol. The average molecular weight is 531 g/mol. The fourth-order valence-electron chi connectivity index (χ4n) is 4.13. The molecule has 0 atom stereocenters. The van der Waals surface area contributed by atoms with Crippen molar-refractivity contribution in [3.63, 3.8) is 0 Å². The third kappa shape index (κ3) is 4.57. The van der Waals surface area contributed by atoms with Crippen LogP contribution in [-0.4, -0.2) is 54.5 Å². The maximum absolute atomic E-state index is 13.6. The van der Waals surface area contributed by atoms with Gasteiger partial charge in [-0.25, -0.2) is 19.0 Å². The van der Waals surface area contributed by atoms with Gasteiger partial charge in [-0.2, -0.15) is 5.10 Å². The number of aromatic carboxylic acids is 1. The predicted octanol–water partition coefficient (Wildman–Crippen LogP) is 5.00. The Bertz CT molecular complexity index is 1630. The Balaban J connectivity index is 1.52. The van der Waals surface area contributed by atoms with Gasteiger partial charge >= 0.3 is 5.97 Å². The Kier molecular flexibility index (Phi) is 6.56. The molecule has 5 rings (SSSR count). The van der Waals surface area contributed by atoms with Crippen molar-refractivity contribution in [1.29, 1.82) is 0 Å². The van der Waals surface area contributed by atoms with Gasteiger partial charge in [0.15, 0.2) is 11.5 Å². The first-order valence-corrected chi connectivity index (χ1v) is 12.1. The van der Waals surface area contributed by atoms with Crippen LogP contribution in [0.15, 0.2) is 73.2 Å². The van der Waals surface area contributed by atoms with E-state index < -0.39 is 17.9 Å². The highest BCUT2D eigenvalue weighted by Crippen LogP contribution is 2.30. The Morgan fingerprint density at radius 2 is 1.82 bits per heavy atom. The van der Waals surface area contributed by atoms with Gasteiger partial charge in [-0.05, 0) is 50.2 Å². The van der Waals surface area contributed by atoms with Gasteiger partial charge in [0, 0.05) is 41.3 Å². The van der Waals surface area contributed by atoms with Crippen LogP contribution in [0, 0.1) is 0 Å². The summed E-state index contributed by atoms with van der Waals surface area (Å²) in [5.41, 5.74) is 3.07. The molecule has 0 fully saturated rings. The number of benzene rings is 2. The van der Waals surface area contributed by atoms with E-state index >= 15 is 0 Å². The quantitative estimate of drug-likeness (QED) is 0.315. The minimum atomic E-state index is -1.21. The standard InChI is InChI=1S/C27H23ClN6O4/c1-16(2)34(26(35)20-10-7-18(28)13-23(20)38-3)25-21(27(36)37)15-33(31-25)19-8-5-17(6-9-19)22-14-24-29-11-4-12-32(24)30-22/h4-16H,1-3H3,(H,36,37). The Hall–Kier alpha value is -4.70. The molecule has 0 saturated heterocycles. The summed E-state index contributed by atoms with van der Waals surface area (Å²) in [6.45, 7) is 3.56. The van der Waals surface area contributed by atoms with Crippen molar-refractivity contribution in [2.24, 2.45) is 0 Å². The molecular formula is C27H23ClN6O4. The van der Waals surface area contributed by atoms with Crippen molar-refractivity contribution in [2.75, 3.05) is 12.0 Å². The number of carbonyl (C=O) groups excluding carboxylic acids is 1. The Morgan fingerprint density at radius 1 is 1.05 bits per heavy atom. The fourth-order valence-corrected chi connectivity index (χ4v) is 4.29. The number of methoxy groups -OCH3 is 1. The van der Waals surface area contributed by atoms with E-state index in [1.807, 2.05) is 24.4 Å². The lowest BCUT2D eigenvalue weighted by atomic mass is 10.1. The van der Waals surface area contributed by atoms with E-state index in [0.29, 0.717) is 10.7 Å². The Labute approximate surface area is 222 Å². The molecule has 2 aromatic carbocycles.